The number of nitro benzene ring substituents is 1. The molecule has 5 nitrogen and oxygen atoms in total. The fourth-order valence-electron chi connectivity index (χ4n) is 3.59. The maximum Gasteiger partial charge on any atom is 0.293 e. The molecule has 6 heteroatoms. The molecule has 2 N–H and O–H groups in total. The predicted octanol–water partition coefficient (Wildman–Crippen LogP) is 4.06. The second-order valence-corrected chi connectivity index (χ2v) is 6.45. The highest BCUT2D eigenvalue weighted by atomic mass is 35.5. The zero-order valence-electron chi connectivity index (χ0n) is 11.8. The number of rotatable bonds is 2. The number of nitrogens with zero attached hydrogens (tertiary/aromatic N) is 1. The van der Waals surface area contributed by atoms with E-state index in [1.54, 1.807) is 0 Å². The van der Waals surface area contributed by atoms with Crippen molar-refractivity contribution in [2.45, 2.75) is 32.2 Å². The molecule has 0 aromatic heterocycles. The SMILES string of the molecule is CC(C)[C@@H]1Nc2c(O)cc(Cl)c([N+](=O)[O-])c2[C@H]2C=CC[C@@H]21. The Balaban J connectivity index is 2.24. The zero-order valence-corrected chi connectivity index (χ0v) is 12.6. The summed E-state index contributed by atoms with van der Waals surface area (Å²) in [5.41, 5.74) is 0.874. The highest BCUT2D eigenvalue weighted by Crippen LogP contribution is 2.54. The third-order valence-electron chi connectivity index (χ3n) is 4.49. The van der Waals surface area contributed by atoms with Crippen LogP contribution < -0.4 is 5.32 Å². The third kappa shape index (κ3) is 2.07. The number of anilines is 1. The van der Waals surface area contributed by atoms with Crippen LogP contribution in [0.15, 0.2) is 18.2 Å². The largest absolute Gasteiger partial charge is 0.506 e. The Bertz CT molecular complexity index is 642. The minimum Gasteiger partial charge on any atom is -0.506 e. The Labute approximate surface area is 127 Å². The molecule has 1 aromatic rings. The zero-order chi connectivity index (χ0) is 15.3. The molecule has 1 heterocycles. The maximum absolute atomic E-state index is 11.4. The average Bonchev–Trinajstić information content (AvgIpc) is 2.86. The predicted molar refractivity (Wildman–Crippen MR) is 82.0 cm³/mol. The number of benzene rings is 1. The number of hydrogen-bond acceptors (Lipinski definition) is 4. The molecule has 3 atom stereocenters. The van der Waals surface area contributed by atoms with E-state index in [-0.39, 0.29) is 34.3 Å². The number of nitrogens with one attached hydrogen (secondary N) is 1. The Hall–Kier alpha value is -1.75. The Morgan fingerprint density at radius 2 is 2.24 bits per heavy atom. The van der Waals surface area contributed by atoms with Crippen molar-refractivity contribution in [3.8, 4) is 5.75 Å². The third-order valence-corrected chi connectivity index (χ3v) is 4.78. The van der Waals surface area contributed by atoms with Crippen LogP contribution in [0.4, 0.5) is 11.4 Å². The van der Waals surface area contributed by atoms with Gasteiger partial charge in [-0.05, 0) is 18.3 Å². The van der Waals surface area contributed by atoms with Gasteiger partial charge in [0.25, 0.3) is 5.69 Å². The van der Waals surface area contributed by atoms with Crippen LogP contribution in [0.25, 0.3) is 0 Å². The molecule has 0 amide bonds. The molecule has 1 aliphatic carbocycles. The molecule has 0 saturated carbocycles. The van der Waals surface area contributed by atoms with Gasteiger partial charge in [-0.1, -0.05) is 37.6 Å². The summed E-state index contributed by atoms with van der Waals surface area (Å²) in [6.45, 7) is 4.22. The van der Waals surface area contributed by atoms with Crippen LogP contribution in [0.3, 0.4) is 0 Å². The van der Waals surface area contributed by atoms with Crippen LogP contribution in [0.5, 0.6) is 5.75 Å². The van der Waals surface area contributed by atoms with Gasteiger partial charge in [0.05, 0.1) is 16.2 Å². The van der Waals surface area contributed by atoms with Gasteiger partial charge in [0.1, 0.15) is 10.8 Å². The molecule has 0 saturated heterocycles. The maximum atomic E-state index is 11.4. The fourth-order valence-corrected chi connectivity index (χ4v) is 3.87. The second kappa shape index (κ2) is 4.91. The molecule has 0 radical (unpaired) electrons. The van der Waals surface area contributed by atoms with Gasteiger partial charge in [-0.15, -0.1) is 0 Å². The van der Waals surface area contributed by atoms with Crippen LogP contribution in [-0.4, -0.2) is 16.1 Å². The first kappa shape index (κ1) is 14.2. The highest BCUT2D eigenvalue weighted by Gasteiger charge is 2.44. The number of allylic oxidation sites excluding steroid dienone is 2. The van der Waals surface area contributed by atoms with Gasteiger partial charge < -0.3 is 10.4 Å². The minimum absolute atomic E-state index is 0.0138. The summed E-state index contributed by atoms with van der Waals surface area (Å²) in [6.07, 6.45) is 4.94. The molecule has 0 bridgehead atoms. The van der Waals surface area contributed by atoms with Crippen molar-refractivity contribution in [3.05, 3.63) is 38.9 Å². The lowest BCUT2D eigenvalue weighted by Gasteiger charge is -2.39. The minimum atomic E-state index is -0.457. The number of halogens is 1. The van der Waals surface area contributed by atoms with E-state index >= 15 is 0 Å². The number of nitro groups is 1. The van der Waals surface area contributed by atoms with Gasteiger partial charge in [0.15, 0.2) is 0 Å². The summed E-state index contributed by atoms with van der Waals surface area (Å²) in [7, 11) is 0. The molecule has 2 aliphatic rings. The summed E-state index contributed by atoms with van der Waals surface area (Å²) < 4.78 is 0. The van der Waals surface area contributed by atoms with E-state index in [2.05, 4.69) is 25.2 Å². The average molecular weight is 309 g/mol. The first-order valence-corrected chi connectivity index (χ1v) is 7.42. The molecule has 3 rings (SSSR count). The van der Waals surface area contributed by atoms with Crippen molar-refractivity contribution in [1.82, 2.24) is 0 Å². The monoisotopic (exact) mass is 308 g/mol. The van der Waals surface area contributed by atoms with Crippen LogP contribution in [0.2, 0.25) is 5.02 Å². The van der Waals surface area contributed by atoms with Crippen molar-refractivity contribution in [2.24, 2.45) is 11.8 Å². The van der Waals surface area contributed by atoms with E-state index in [9.17, 15) is 15.2 Å². The van der Waals surface area contributed by atoms with Gasteiger partial charge in [-0.25, -0.2) is 0 Å². The Morgan fingerprint density at radius 3 is 2.86 bits per heavy atom. The van der Waals surface area contributed by atoms with Crippen LogP contribution in [0.1, 0.15) is 31.7 Å². The van der Waals surface area contributed by atoms with Crippen molar-refractivity contribution in [3.63, 3.8) is 0 Å². The van der Waals surface area contributed by atoms with E-state index < -0.39 is 4.92 Å². The number of phenolic OH excluding ortho intramolecular Hbond substituents is 1. The number of aromatic hydroxyl groups is 1. The first-order valence-electron chi connectivity index (χ1n) is 7.04. The molecule has 0 unspecified atom stereocenters. The van der Waals surface area contributed by atoms with Crippen LogP contribution in [-0.2, 0) is 0 Å². The van der Waals surface area contributed by atoms with Crippen LogP contribution in [0, 0.1) is 22.0 Å². The summed E-state index contributed by atoms with van der Waals surface area (Å²) in [5, 5.41) is 24.9. The van der Waals surface area contributed by atoms with E-state index in [0.29, 0.717) is 17.2 Å². The normalized spacial score (nSPS) is 26.4. The summed E-state index contributed by atoms with van der Waals surface area (Å²) in [5.74, 6) is 0.525. The van der Waals surface area contributed by atoms with E-state index in [1.807, 2.05) is 6.08 Å². The van der Waals surface area contributed by atoms with Crippen molar-refractivity contribution in [1.29, 1.82) is 0 Å². The summed E-state index contributed by atoms with van der Waals surface area (Å²) in [6, 6.07) is 1.42. The van der Waals surface area contributed by atoms with Crippen LogP contribution >= 0.6 is 11.6 Å². The van der Waals surface area contributed by atoms with Gasteiger partial charge in [0.2, 0.25) is 0 Å². The van der Waals surface area contributed by atoms with Crippen molar-refractivity contribution >= 4 is 23.0 Å². The first-order chi connectivity index (χ1) is 9.91. The molecule has 1 aliphatic heterocycles. The standard InChI is InChI=1S/C15H17ClN2O3/c1-7(2)13-9-5-3-4-8(9)12-14(17-13)11(19)6-10(16)15(12)18(20)21/h3-4,6-9,13,17,19H,5H2,1-2H3/t8-,9-,13-/m0/s1. The molecule has 0 spiro atoms. The van der Waals surface area contributed by atoms with Gasteiger partial charge >= 0.3 is 0 Å². The molecule has 112 valence electrons. The molecule has 21 heavy (non-hydrogen) atoms. The number of fused-ring (bicyclic) bond motifs is 3. The fraction of sp³-hybridized carbons (Fsp3) is 0.467. The quantitative estimate of drug-likeness (QED) is 0.374. The molecular weight excluding hydrogens is 292 g/mol. The summed E-state index contributed by atoms with van der Waals surface area (Å²) >= 11 is 6.00. The Kier molecular flexibility index (Phi) is 3.32. The molecule has 0 fully saturated rings. The second-order valence-electron chi connectivity index (χ2n) is 6.04. The van der Waals surface area contributed by atoms with Gasteiger partial charge in [-0.2, -0.15) is 0 Å². The van der Waals surface area contributed by atoms with Gasteiger partial charge in [-0.3, -0.25) is 10.1 Å². The van der Waals surface area contributed by atoms with Crippen molar-refractivity contribution < 1.29 is 10.0 Å². The van der Waals surface area contributed by atoms with Crippen molar-refractivity contribution in [2.75, 3.05) is 5.32 Å². The highest BCUT2D eigenvalue weighted by molar-refractivity contribution is 6.33. The lowest BCUT2D eigenvalue weighted by Crippen LogP contribution is -2.39. The van der Waals surface area contributed by atoms with Gasteiger partial charge in [0, 0.05) is 18.0 Å². The number of phenols is 1. The van der Waals surface area contributed by atoms with E-state index in [4.69, 9.17) is 11.6 Å². The summed E-state index contributed by atoms with van der Waals surface area (Å²) in [4.78, 5) is 10.9. The smallest absolute Gasteiger partial charge is 0.293 e. The lowest BCUT2D eigenvalue weighted by molar-refractivity contribution is -0.385. The topological polar surface area (TPSA) is 75.4 Å². The number of hydrogen-bond donors (Lipinski definition) is 2. The lowest BCUT2D eigenvalue weighted by atomic mass is 9.75. The van der Waals surface area contributed by atoms with E-state index in [1.165, 1.54) is 6.07 Å². The molecular formula is C15H17ClN2O3. The Morgan fingerprint density at radius 1 is 1.52 bits per heavy atom. The molecule has 1 aromatic carbocycles. The van der Waals surface area contributed by atoms with E-state index in [0.717, 1.165) is 6.42 Å².